The number of aromatic nitrogens is 1. The van der Waals surface area contributed by atoms with E-state index in [9.17, 15) is 14.4 Å². The molecule has 8 heteroatoms. The average Bonchev–Trinajstić information content (AvgIpc) is 2.77. The molecule has 0 unspecified atom stereocenters. The van der Waals surface area contributed by atoms with E-state index < -0.39 is 11.6 Å². The van der Waals surface area contributed by atoms with Gasteiger partial charge >= 0.3 is 12.1 Å². The number of ether oxygens (including phenoxy) is 2. The van der Waals surface area contributed by atoms with Gasteiger partial charge in [-0.05, 0) is 50.6 Å². The topological polar surface area (TPSA) is 81.1 Å². The van der Waals surface area contributed by atoms with Gasteiger partial charge in [0.05, 0.1) is 12.7 Å². The molecular weight excluding hydrogens is 410 g/mol. The number of carbonyl (C=O) groups excluding carboxylic acids is 2. The molecule has 1 fully saturated rings. The minimum Gasteiger partial charge on any atom is -0.465 e. The van der Waals surface area contributed by atoms with Crippen molar-refractivity contribution in [1.82, 2.24) is 14.4 Å². The first kappa shape index (κ1) is 23.5. The van der Waals surface area contributed by atoms with E-state index in [4.69, 9.17) is 9.47 Å². The zero-order chi connectivity index (χ0) is 23.3. The van der Waals surface area contributed by atoms with Crippen LogP contribution in [0.1, 0.15) is 31.1 Å². The second-order valence-electron chi connectivity index (χ2n) is 8.80. The number of benzene rings is 1. The molecule has 3 rings (SSSR count). The van der Waals surface area contributed by atoms with Crippen LogP contribution in [0.4, 0.5) is 4.79 Å². The molecule has 32 heavy (non-hydrogen) atoms. The Morgan fingerprint density at radius 3 is 2.22 bits per heavy atom. The van der Waals surface area contributed by atoms with Crippen LogP contribution >= 0.6 is 0 Å². The molecule has 0 aliphatic carbocycles. The normalized spacial score (nSPS) is 14.8. The van der Waals surface area contributed by atoms with Gasteiger partial charge in [0.15, 0.2) is 0 Å². The molecule has 0 spiro atoms. The first-order valence-corrected chi connectivity index (χ1v) is 10.8. The predicted molar refractivity (Wildman–Crippen MR) is 122 cm³/mol. The zero-order valence-electron chi connectivity index (χ0n) is 19.2. The highest BCUT2D eigenvalue weighted by atomic mass is 16.6. The Labute approximate surface area is 188 Å². The molecule has 1 aliphatic heterocycles. The summed E-state index contributed by atoms with van der Waals surface area (Å²) >= 11 is 0. The lowest BCUT2D eigenvalue weighted by Crippen LogP contribution is -2.50. The summed E-state index contributed by atoms with van der Waals surface area (Å²) in [5.41, 5.74) is 1.20. The van der Waals surface area contributed by atoms with Gasteiger partial charge in [-0.15, -0.1) is 0 Å². The Morgan fingerprint density at radius 2 is 1.62 bits per heavy atom. The summed E-state index contributed by atoms with van der Waals surface area (Å²) in [7, 11) is 1.34. The fourth-order valence-electron chi connectivity index (χ4n) is 3.57. The molecule has 0 atom stereocenters. The number of nitrogens with zero attached hydrogens (tertiary/aromatic N) is 3. The number of methoxy groups -OCH3 is 1. The molecule has 0 saturated carbocycles. The van der Waals surface area contributed by atoms with E-state index in [-0.39, 0.29) is 11.7 Å². The van der Waals surface area contributed by atoms with Crippen molar-refractivity contribution in [2.75, 3.05) is 39.8 Å². The van der Waals surface area contributed by atoms with Gasteiger partial charge in [-0.3, -0.25) is 9.69 Å². The molecule has 0 N–H and O–H groups in total. The smallest absolute Gasteiger partial charge is 0.410 e. The van der Waals surface area contributed by atoms with E-state index in [1.165, 1.54) is 7.11 Å². The molecule has 172 valence electrons. The molecule has 0 bridgehead atoms. The highest BCUT2D eigenvalue weighted by molar-refractivity contribution is 5.89. The van der Waals surface area contributed by atoms with Crippen LogP contribution in [0.15, 0.2) is 47.4 Å². The Balaban J connectivity index is 1.59. The summed E-state index contributed by atoms with van der Waals surface area (Å²) < 4.78 is 11.9. The first-order valence-electron chi connectivity index (χ1n) is 10.8. The minimum atomic E-state index is -0.500. The highest BCUT2D eigenvalue weighted by Gasteiger charge is 2.25. The third kappa shape index (κ3) is 5.97. The van der Waals surface area contributed by atoms with Gasteiger partial charge in [-0.1, -0.05) is 12.1 Å². The molecule has 1 aliphatic rings. The summed E-state index contributed by atoms with van der Waals surface area (Å²) in [5, 5.41) is 0. The summed E-state index contributed by atoms with van der Waals surface area (Å²) in [6, 6.07) is 10.5. The van der Waals surface area contributed by atoms with Gasteiger partial charge in [-0.25, -0.2) is 9.59 Å². The van der Waals surface area contributed by atoms with Gasteiger partial charge in [0.1, 0.15) is 5.60 Å². The lowest BCUT2D eigenvalue weighted by atomic mass is 10.1. The molecule has 2 aromatic rings. The van der Waals surface area contributed by atoms with Crippen LogP contribution in [0.2, 0.25) is 0 Å². The third-order valence-corrected chi connectivity index (χ3v) is 5.32. The van der Waals surface area contributed by atoms with E-state index in [2.05, 4.69) is 4.90 Å². The molecule has 8 nitrogen and oxygen atoms in total. The van der Waals surface area contributed by atoms with E-state index in [0.29, 0.717) is 37.3 Å². The second-order valence-corrected chi connectivity index (χ2v) is 8.80. The fraction of sp³-hybridized carbons (Fsp3) is 0.458. The molecule has 0 radical (unpaired) electrons. The summed E-state index contributed by atoms with van der Waals surface area (Å²) in [4.78, 5) is 40.8. The third-order valence-electron chi connectivity index (χ3n) is 5.32. The number of pyridine rings is 1. The van der Waals surface area contributed by atoms with Crippen LogP contribution in [0, 0.1) is 0 Å². The van der Waals surface area contributed by atoms with Crippen molar-refractivity contribution in [3.8, 4) is 11.1 Å². The van der Waals surface area contributed by atoms with Crippen molar-refractivity contribution in [2.24, 2.45) is 0 Å². The van der Waals surface area contributed by atoms with Crippen LogP contribution in [-0.2, 0) is 16.0 Å². The van der Waals surface area contributed by atoms with Crippen molar-refractivity contribution in [3.63, 3.8) is 0 Å². The van der Waals surface area contributed by atoms with Crippen LogP contribution < -0.4 is 5.56 Å². The Bertz CT molecular complexity index is 1000. The number of esters is 1. The standard InChI is InChI=1S/C24H31N3O5/c1-24(2,3)32-23(30)27-16-13-25(14-17-27)12-15-26-11-5-6-20(21(26)28)18-7-9-19(10-8-18)22(29)31-4/h5-11H,12-17H2,1-4H3. The van der Waals surface area contributed by atoms with E-state index >= 15 is 0 Å². The van der Waals surface area contributed by atoms with E-state index in [1.807, 2.05) is 26.8 Å². The minimum absolute atomic E-state index is 0.0780. The molecule has 1 saturated heterocycles. The van der Waals surface area contributed by atoms with Crippen LogP contribution in [-0.4, -0.2) is 71.9 Å². The van der Waals surface area contributed by atoms with Crippen molar-refractivity contribution in [3.05, 3.63) is 58.5 Å². The number of carbonyl (C=O) groups is 2. The number of amides is 1. The molecule has 1 aromatic carbocycles. The Kier molecular flexibility index (Phi) is 7.35. The van der Waals surface area contributed by atoms with Gasteiger partial charge in [-0.2, -0.15) is 0 Å². The number of hydrogen-bond donors (Lipinski definition) is 0. The van der Waals surface area contributed by atoms with Gasteiger partial charge in [0.2, 0.25) is 0 Å². The average molecular weight is 442 g/mol. The molecule has 2 heterocycles. The zero-order valence-corrected chi connectivity index (χ0v) is 19.2. The molecular formula is C24H31N3O5. The number of rotatable bonds is 5. The molecule has 1 aromatic heterocycles. The van der Waals surface area contributed by atoms with E-state index in [1.54, 1.807) is 46.0 Å². The van der Waals surface area contributed by atoms with Gasteiger partial charge in [0, 0.05) is 51.0 Å². The lowest BCUT2D eigenvalue weighted by Gasteiger charge is -2.35. The SMILES string of the molecule is COC(=O)c1ccc(-c2cccn(CCN3CCN(C(=O)OC(C)(C)C)CC3)c2=O)cc1. The second kappa shape index (κ2) is 9.99. The largest absolute Gasteiger partial charge is 0.465 e. The maximum atomic E-state index is 13.0. The Hall–Kier alpha value is -3.13. The van der Waals surface area contributed by atoms with Crippen LogP contribution in [0.3, 0.4) is 0 Å². The Morgan fingerprint density at radius 1 is 0.969 bits per heavy atom. The number of piperazine rings is 1. The lowest BCUT2D eigenvalue weighted by molar-refractivity contribution is 0.0142. The van der Waals surface area contributed by atoms with Gasteiger partial charge in [0.25, 0.3) is 5.56 Å². The van der Waals surface area contributed by atoms with Gasteiger partial charge < -0.3 is 18.9 Å². The van der Waals surface area contributed by atoms with Crippen molar-refractivity contribution in [2.45, 2.75) is 32.9 Å². The highest BCUT2D eigenvalue weighted by Crippen LogP contribution is 2.17. The maximum absolute atomic E-state index is 13.0. The predicted octanol–water partition coefficient (Wildman–Crippen LogP) is 2.85. The van der Waals surface area contributed by atoms with Crippen molar-refractivity contribution in [1.29, 1.82) is 0 Å². The summed E-state index contributed by atoms with van der Waals surface area (Å²) in [6.45, 7) is 9.55. The first-order chi connectivity index (χ1) is 15.2. The molecule has 1 amide bonds. The monoisotopic (exact) mass is 441 g/mol. The maximum Gasteiger partial charge on any atom is 0.410 e. The number of hydrogen-bond acceptors (Lipinski definition) is 6. The van der Waals surface area contributed by atoms with Crippen molar-refractivity contribution < 1.29 is 19.1 Å². The fourth-order valence-corrected chi connectivity index (χ4v) is 3.57. The van der Waals surface area contributed by atoms with Crippen molar-refractivity contribution >= 4 is 12.1 Å². The van der Waals surface area contributed by atoms with Crippen LogP contribution in [0.5, 0.6) is 0 Å². The van der Waals surface area contributed by atoms with E-state index in [0.717, 1.165) is 18.7 Å². The van der Waals surface area contributed by atoms with Crippen LogP contribution in [0.25, 0.3) is 11.1 Å². The quantitative estimate of drug-likeness (QED) is 0.664. The summed E-state index contributed by atoms with van der Waals surface area (Å²) in [5.74, 6) is -0.409. The summed E-state index contributed by atoms with van der Waals surface area (Å²) in [6.07, 6.45) is 1.50.